The number of halogens is 1. The summed E-state index contributed by atoms with van der Waals surface area (Å²) in [5, 5.41) is 8.30. The molecular weight excluding hydrogens is 198 g/mol. The number of hydrogen-bond donors (Lipinski definition) is 1. The standard InChI is InChI=1S/C10H8ClN3/c11-9-4-5-13-14-10(9)7-2-1-3-8(12)6-7/h1-6H,12H2. The number of anilines is 1. The van der Waals surface area contributed by atoms with Crippen molar-refractivity contribution in [3.05, 3.63) is 41.6 Å². The van der Waals surface area contributed by atoms with Crippen molar-refractivity contribution in [1.82, 2.24) is 10.2 Å². The maximum atomic E-state index is 5.97. The minimum atomic E-state index is 0.575. The number of rotatable bonds is 1. The second-order valence-corrected chi connectivity index (χ2v) is 3.26. The Labute approximate surface area is 86.5 Å². The Kier molecular flexibility index (Phi) is 2.33. The Morgan fingerprint density at radius 1 is 1.21 bits per heavy atom. The molecule has 0 atom stereocenters. The predicted octanol–water partition coefficient (Wildman–Crippen LogP) is 2.38. The summed E-state index contributed by atoms with van der Waals surface area (Å²) in [5.41, 5.74) is 7.87. The van der Waals surface area contributed by atoms with Gasteiger partial charge in [0.1, 0.15) is 5.69 Å². The van der Waals surface area contributed by atoms with E-state index in [1.807, 2.05) is 24.3 Å². The third-order valence-electron chi connectivity index (χ3n) is 1.83. The summed E-state index contributed by atoms with van der Waals surface area (Å²) in [6.45, 7) is 0. The van der Waals surface area contributed by atoms with Gasteiger partial charge in [-0.2, -0.15) is 5.10 Å². The van der Waals surface area contributed by atoms with E-state index in [9.17, 15) is 0 Å². The van der Waals surface area contributed by atoms with Gasteiger partial charge in [0.2, 0.25) is 0 Å². The number of nitrogens with two attached hydrogens (primary N) is 1. The number of nitrogens with zero attached hydrogens (tertiary/aromatic N) is 2. The van der Waals surface area contributed by atoms with Gasteiger partial charge in [-0.05, 0) is 18.2 Å². The highest BCUT2D eigenvalue weighted by atomic mass is 35.5. The summed E-state index contributed by atoms with van der Waals surface area (Å²) < 4.78 is 0. The Morgan fingerprint density at radius 2 is 2.07 bits per heavy atom. The molecule has 3 nitrogen and oxygen atoms in total. The van der Waals surface area contributed by atoms with E-state index in [0.29, 0.717) is 16.4 Å². The first-order valence-corrected chi connectivity index (χ1v) is 4.48. The average Bonchev–Trinajstić information content (AvgIpc) is 2.18. The first-order valence-electron chi connectivity index (χ1n) is 4.10. The third kappa shape index (κ3) is 1.67. The van der Waals surface area contributed by atoms with Crippen LogP contribution in [0.25, 0.3) is 11.3 Å². The van der Waals surface area contributed by atoms with Gasteiger partial charge in [0.05, 0.1) is 11.2 Å². The van der Waals surface area contributed by atoms with E-state index >= 15 is 0 Å². The lowest BCUT2D eigenvalue weighted by molar-refractivity contribution is 1.04. The zero-order valence-corrected chi connectivity index (χ0v) is 8.07. The average molecular weight is 206 g/mol. The van der Waals surface area contributed by atoms with Crippen LogP contribution >= 0.6 is 11.6 Å². The Balaban J connectivity index is 2.55. The van der Waals surface area contributed by atoms with Crippen molar-refractivity contribution in [3.8, 4) is 11.3 Å². The van der Waals surface area contributed by atoms with Gasteiger partial charge in [0.15, 0.2) is 0 Å². The molecule has 70 valence electrons. The molecule has 2 rings (SSSR count). The van der Waals surface area contributed by atoms with Crippen molar-refractivity contribution in [2.45, 2.75) is 0 Å². The monoisotopic (exact) mass is 205 g/mol. The molecule has 0 aliphatic carbocycles. The molecule has 0 fully saturated rings. The van der Waals surface area contributed by atoms with Gasteiger partial charge in [0.25, 0.3) is 0 Å². The number of benzene rings is 1. The maximum absolute atomic E-state index is 5.97. The molecule has 1 aromatic carbocycles. The van der Waals surface area contributed by atoms with Crippen molar-refractivity contribution in [1.29, 1.82) is 0 Å². The summed E-state index contributed by atoms with van der Waals surface area (Å²) in [5.74, 6) is 0. The lowest BCUT2D eigenvalue weighted by atomic mass is 10.1. The summed E-state index contributed by atoms with van der Waals surface area (Å²) in [6.07, 6.45) is 1.55. The van der Waals surface area contributed by atoms with Crippen LogP contribution in [0.4, 0.5) is 5.69 Å². The molecule has 2 N–H and O–H groups in total. The molecule has 0 aliphatic rings. The molecular formula is C10H8ClN3. The smallest absolute Gasteiger partial charge is 0.112 e. The molecule has 4 heteroatoms. The van der Waals surface area contributed by atoms with Crippen LogP contribution in [-0.2, 0) is 0 Å². The van der Waals surface area contributed by atoms with Crippen LogP contribution in [0.3, 0.4) is 0 Å². The maximum Gasteiger partial charge on any atom is 0.112 e. The summed E-state index contributed by atoms with van der Waals surface area (Å²) in [7, 11) is 0. The van der Waals surface area contributed by atoms with E-state index < -0.39 is 0 Å². The fourth-order valence-electron chi connectivity index (χ4n) is 1.20. The number of aromatic nitrogens is 2. The summed E-state index contributed by atoms with van der Waals surface area (Å²) >= 11 is 5.97. The van der Waals surface area contributed by atoms with Crippen LogP contribution in [0.5, 0.6) is 0 Å². The van der Waals surface area contributed by atoms with Crippen LogP contribution in [0.1, 0.15) is 0 Å². The van der Waals surface area contributed by atoms with Crippen LogP contribution < -0.4 is 5.73 Å². The molecule has 0 spiro atoms. The number of nitrogen functional groups attached to an aromatic ring is 1. The van der Waals surface area contributed by atoms with E-state index in [1.54, 1.807) is 12.3 Å². The highest BCUT2D eigenvalue weighted by Gasteiger charge is 2.04. The third-order valence-corrected chi connectivity index (χ3v) is 2.14. The summed E-state index contributed by atoms with van der Waals surface area (Å²) in [6, 6.07) is 9.08. The van der Waals surface area contributed by atoms with Crippen molar-refractivity contribution >= 4 is 17.3 Å². The van der Waals surface area contributed by atoms with Gasteiger partial charge >= 0.3 is 0 Å². The number of hydrogen-bond acceptors (Lipinski definition) is 3. The zero-order chi connectivity index (χ0) is 9.97. The molecule has 0 saturated carbocycles. The van der Waals surface area contributed by atoms with Gasteiger partial charge in [-0.3, -0.25) is 0 Å². The summed E-state index contributed by atoms with van der Waals surface area (Å²) in [4.78, 5) is 0. The highest BCUT2D eigenvalue weighted by molar-refractivity contribution is 6.32. The molecule has 1 aromatic heterocycles. The second kappa shape index (κ2) is 3.64. The van der Waals surface area contributed by atoms with E-state index in [1.165, 1.54) is 0 Å². The van der Waals surface area contributed by atoms with Crippen molar-refractivity contribution < 1.29 is 0 Å². The first-order chi connectivity index (χ1) is 6.77. The van der Waals surface area contributed by atoms with Crippen LogP contribution in [-0.4, -0.2) is 10.2 Å². The predicted molar refractivity (Wildman–Crippen MR) is 56.9 cm³/mol. The minimum absolute atomic E-state index is 0.575. The molecule has 1 heterocycles. The van der Waals surface area contributed by atoms with Crippen molar-refractivity contribution in [2.24, 2.45) is 0 Å². The van der Waals surface area contributed by atoms with Gasteiger partial charge < -0.3 is 5.73 Å². The largest absolute Gasteiger partial charge is 0.399 e. The van der Waals surface area contributed by atoms with Gasteiger partial charge in [-0.25, -0.2) is 0 Å². The van der Waals surface area contributed by atoms with Gasteiger partial charge in [0, 0.05) is 11.3 Å². The minimum Gasteiger partial charge on any atom is -0.399 e. The van der Waals surface area contributed by atoms with E-state index in [4.69, 9.17) is 17.3 Å². The second-order valence-electron chi connectivity index (χ2n) is 2.85. The van der Waals surface area contributed by atoms with Crippen molar-refractivity contribution in [3.63, 3.8) is 0 Å². The van der Waals surface area contributed by atoms with Crippen LogP contribution in [0.15, 0.2) is 36.5 Å². The molecule has 14 heavy (non-hydrogen) atoms. The Morgan fingerprint density at radius 3 is 2.79 bits per heavy atom. The molecule has 0 amide bonds. The Bertz CT molecular complexity index is 457. The zero-order valence-electron chi connectivity index (χ0n) is 7.31. The lowest BCUT2D eigenvalue weighted by Crippen LogP contribution is -1.89. The quantitative estimate of drug-likeness (QED) is 0.728. The first kappa shape index (κ1) is 8.97. The fraction of sp³-hybridized carbons (Fsp3) is 0. The molecule has 0 radical (unpaired) electrons. The molecule has 0 aliphatic heterocycles. The molecule has 0 saturated heterocycles. The van der Waals surface area contributed by atoms with E-state index in [2.05, 4.69) is 10.2 Å². The van der Waals surface area contributed by atoms with Crippen molar-refractivity contribution in [2.75, 3.05) is 5.73 Å². The molecule has 0 unspecified atom stereocenters. The SMILES string of the molecule is Nc1cccc(-c2nnccc2Cl)c1. The highest BCUT2D eigenvalue weighted by Crippen LogP contribution is 2.25. The Hall–Kier alpha value is -1.61. The van der Waals surface area contributed by atoms with E-state index in [0.717, 1.165) is 5.56 Å². The normalized spacial score (nSPS) is 10.1. The van der Waals surface area contributed by atoms with Gasteiger partial charge in [-0.1, -0.05) is 23.7 Å². The lowest BCUT2D eigenvalue weighted by Gasteiger charge is -2.02. The van der Waals surface area contributed by atoms with Gasteiger partial charge in [-0.15, -0.1) is 5.10 Å². The van der Waals surface area contributed by atoms with Crippen LogP contribution in [0, 0.1) is 0 Å². The topological polar surface area (TPSA) is 51.8 Å². The van der Waals surface area contributed by atoms with Crippen LogP contribution in [0.2, 0.25) is 5.02 Å². The molecule has 2 aromatic rings. The fourth-order valence-corrected chi connectivity index (χ4v) is 1.40. The molecule has 0 bridgehead atoms. The van der Waals surface area contributed by atoms with E-state index in [-0.39, 0.29) is 0 Å².